The lowest BCUT2D eigenvalue weighted by Crippen LogP contribution is -2.07. The Kier molecular flexibility index (Phi) is 10.4. The van der Waals surface area contributed by atoms with Crippen molar-refractivity contribution in [2.45, 2.75) is 38.6 Å². The second kappa shape index (κ2) is 14.4. The minimum atomic E-state index is -0.949. The van der Waals surface area contributed by atoms with Gasteiger partial charge in [-0.2, -0.15) is 0 Å². The highest BCUT2D eigenvalue weighted by molar-refractivity contribution is 6.32. The highest BCUT2D eigenvalue weighted by Gasteiger charge is 2.14. The molecule has 0 aliphatic rings. The number of fused-ring (bicyclic) bond motifs is 1. The maximum atomic E-state index is 13.7. The van der Waals surface area contributed by atoms with Crippen LogP contribution in [0.5, 0.6) is 11.5 Å². The molecule has 4 aromatic rings. The van der Waals surface area contributed by atoms with Crippen molar-refractivity contribution in [1.82, 2.24) is 4.57 Å². The zero-order chi connectivity index (χ0) is 29.2. The Morgan fingerprint density at radius 1 is 0.878 bits per heavy atom. The normalized spacial score (nSPS) is 11.3. The number of hydrogen-bond donors (Lipinski definition) is 2. The Morgan fingerprint density at radius 3 is 2.32 bits per heavy atom. The van der Waals surface area contributed by atoms with Crippen molar-refractivity contribution in [3.05, 3.63) is 94.4 Å². The topological polar surface area (TPSA) is 98.0 Å². The zero-order valence-electron chi connectivity index (χ0n) is 22.4. The van der Waals surface area contributed by atoms with Crippen LogP contribution in [0.4, 0.5) is 4.39 Å². The molecule has 9 heteroatoms. The van der Waals surface area contributed by atoms with Gasteiger partial charge in [-0.1, -0.05) is 60.2 Å². The quantitative estimate of drug-likeness (QED) is 0.113. The van der Waals surface area contributed by atoms with E-state index in [0.29, 0.717) is 32.5 Å². The van der Waals surface area contributed by atoms with Crippen molar-refractivity contribution in [1.29, 1.82) is 0 Å². The maximum Gasteiger partial charge on any atom is 0.323 e. The number of carboxylic acid groups (broad SMARTS) is 2. The summed E-state index contributed by atoms with van der Waals surface area (Å²) in [5.41, 5.74) is 3.55. The molecule has 2 N–H and O–H groups in total. The summed E-state index contributed by atoms with van der Waals surface area (Å²) in [6.45, 7) is 0.635. The maximum absolute atomic E-state index is 13.7. The molecule has 0 unspecified atom stereocenters. The fourth-order valence-electron chi connectivity index (χ4n) is 4.55. The average Bonchev–Trinajstić information content (AvgIpc) is 3.28. The molecule has 0 radical (unpaired) electrons. The van der Waals surface area contributed by atoms with Crippen LogP contribution in [0.2, 0.25) is 5.02 Å². The van der Waals surface area contributed by atoms with Crippen LogP contribution in [0, 0.1) is 5.82 Å². The Bertz CT molecular complexity index is 1510. The first-order chi connectivity index (χ1) is 19.8. The predicted molar refractivity (Wildman–Crippen MR) is 157 cm³/mol. The Labute approximate surface area is 242 Å². The van der Waals surface area contributed by atoms with Gasteiger partial charge in [0.25, 0.3) is 0 Å². The van der Waals surface area contributed by atoms with Crippen LogP contribution >= 0.6 is 11.6 Å². The van der Waals surface area contributed by atoms with E-state index in [0.717, 1.165) is 39.8 Å². The van der Waals surface area contributed by atoms with Gasteiger partial charge in [-0.3, -0.25) is 9.59 Å². The van der Waals surface area contributed by atoms with Gasteiger partial charge in [0.2, 0.25) is 0 Å². The van der Waals surface area contributed by atoms with Crippen LogP contribution in [0.1, 0.15) is 42.4 Å². The van der Waals surface area contributed by atoms with E-state index in [4.69, 9.17) is 26.2 Å². The first kappa shape index (κ1) is 29.7. The number of benzene rings is 3. The number of nitrogens with zero attached hydrogens (tertiary/aromatic N) is 1. The minimum Gasteiger partial charge on any atom is -0.494 e. The van der Waals surface area contributed by atoms with Gasteiger partial charge in [0.15, 0.2) is 11.6 Å². The number of hydrogen-bond acceptors (Lipinski definition) is 4. The second-order valence-corrected chi connectivity index (χ2v) is 9.93. The molecule has 7 nitrogen and oxygen atoms in total. The molecule has 0 bridgehead atoms. The molecule has 4 rings (SSSR count). The van der Waals surface area contributed by atoms with E-state index in [-0.39, 0.29) is 23.7 Å². The number of rotatable bonds is 15. The number of para-hydroxylation sites is 2. The number of aromatic nitrogens is 1. The molecule has 1 aromatic heterocycles. The molecule has 0 saturated heterocycles. The molecule has 0 fully saturated rings. The van der Waals surface area contributed by atoms with E-state index < -0.39 is 17.8 Å². The molecule has 3 aromatic carbocycles. The van der Waals surface area contributed by atoms with Crippen molar-refractivity contribution in [3.8, 4) is 11.5 Å². The molecule has 0 saturated carbocycles. The summed E-state index contributed by atoms with van der Waals surface area (Å²) in [7, 11) is 0. The van der Waals surface area contributed by atoms with Gasteiger partial charge in [0.1, 0.15) is 12.3 Å². The van der Waals surface area contributed by atoms with E-state index in [1.807, 2.05) is 60.8 Å². The molecule has 1 heterocycles. The van der Waals surface area contributed by atoms with E-state index >= 15 is 0 Å². The number of unbranched alkanes of at least 4 members (excludes halogenated alkanes) is 1. The van der Waals surface area contributed by atoms with Gasteiger partial charge >= 0.3 is 11.9 Å². The van der Waals surface area contributed by atoms with Crippen LogP contribution in [-0.2, 0) is 22.6 Å². The number of carbonyl (C=O) groups is 2. The lowest BCUT2D eigenvalue weighted by Gasteiger charge is -2.09. The molecule has 0 spiro atoms. The van der Waals surface area contributed by atoms with E-state index in [9.17, 15) is 19.1 Å². The van der Waals surface area contributed by atoms with E-state index in [1.54, 1.807) is 10.6 Å². The highest BCUT2D eigenvalue weighted by Crippen LogP contribution is 2.29. The summed E-state index contributed by atoms with van der Waals surface area (Å²) in [4.78, 5) is 22.4. The van der Waals surface area contributed by atoms with Crippen molar-refractivity contribution in [2.75, 3.05) is 13.2 Å². The SMILES string of the molecule is O=C(O)CCCc1cn(CC(=O)O)c2c(/C=C/c3ccc(OCCCCOc4c(F)cccc4Cl)cc3)cccc12. The third-order valence-corrected chi connectivity index (χ3v) is 6.76. The monoisotopic (exact) mass is 579 g/mol. The lowest BCUT2D eigenvalue weighted by atomic mass is 10.0. The number of aliphatic carboxylic acids is 2. The van der Waals surface area contributed by atoms with Crippen molar-refractivity contribution in [2.24, 2.45) is 0 Å². The summed E-state index contributed by atoms with van der Waals surface area (Å²) in [6.07, 6.45) is 8.21. The van der Waals surface area contributed by atoms with Crippen LogP contribution < -0.4 is 9.47 Å². The standard InChI is InChI=1S/C32H31ClFNO6/c33-27-9-5-10-28(34)32(27)41-19-2-1-18-40-25-16-13-22(14-17-25)12-15-23-6-3-8-26-24(7-4-11-29(36)37)20-35(31(23)26)21-30(38)39/h3,5-6,8-10,12-17,20H,1-2,4,7,11,18-19,21H2,(H,36,37)(H,38,39)/b15-12+. The van der Waals surface area contributed by atoms with Gasteiger partial charge in [0, 0.05) is 18.0 Å². The first-order valence-corrected chi connectivity index (χ1v) is 13.7. The Hall–Kier alpha value is -4.30. The minimum absolute atomic E-state index is 0.0597. The smallest absolute Gasteiger partial charge is 0.323 e. The van der Waals surface area contributed by atoms with Crippen LogP contribution in [0.3, 0.4) is 0 Å². The molecule has 0 amide bonds. The van der Waals surface area contributed by atoms with Gasteiger partial charge in [-0.15, -0.1) is 0 Å². The van der Waals surface area contributed by atoms with Gasteiger partial charge in [-0.25, -0.2) is 4.39 Å². The number of carboxylic acids is 2. The first-order valence-electron chi connectivity index (χ1n) is 13.3. The third-order valence-electron chi connectivity index (χ3n) is 6.46. The molecular weight excluding hydrogens is 549 g/mol. The summed E-state index contributed by atoms with van der Waals surface area (Å²) in [5, 5.41) is 19.6. The highest BCUT2D eigenvalue weighted by atomic mass is 35.5. The van der Waals surface area contributed by atoms with Gasteiger partial charge in [-0.05, 0) is 66.6 Å². The molecule has 0 aliphatic heterocycles. The van der Waals surface area contributed by atoms with Crippen LogP contribution in [0.25, 0.3) is 23.1 Å². The molecular formula is C32H31ClFNO6. The Balaban J connectivity index is 1.34. The van der Waals surface area contributed by atoms with E-state index in [1.165, 1.54) is 12.1 Å². The molecule has 0 aliphatic carbocycles. The molecule has 214 valence electrons. The van der Waals surface area contributed by atoms with Gasteiger partial charge < -0.3 is 24.3 Å². The summed E-state index contributed by atoms with van der Waals surface area (Å²) in [5.74, 6) is -1.48. The molecule has 0 atom stereocenters. The largest absolute Gasteiger partial charge is 0.494 e. The number of aryl methyl sites for hydroxylation is 1. The zero-order valence-corrected chi connectivity index (χ0v) is 23.1. The lowest BCUT2D eigenvalue weighted by molar-refractivity contribution is -0.138. The summed E-state index contributed by atoms with van der Waals surface area (Å²) in [6, 6.07) is 17.8. The fraction of sp³-hybridized carbons (Fsp3) is 0.250. The number of ether oxygens (including phenoxy) is 2. The number of halogens is 2. The van der Waals surface area contributed by atoms with E-state index in [2.05, 4.69) is 0 Å². The fourth-order valence-corrected chi connectivity index (χ4v) is 4.76. The summed E-state index contributed by atoms with van der Waals surface area (Å²) < 4.78 is 26.7. The molecule has 41 heavy (non-hydrogen) atoms. The van der Waals surface area contributed by atoms with Crippen molar-refractivity contribution in [3.63, 3.8) is 0 Å². The van der Waals surface area contributed by atoms with Crippen LogP contribution in [-0.4, -0.2) is 39.9 Å². The second-order valence-electron chi connectivity index (χ2n) is 9.52. The van der Waals surface area contributed by atoms with Crippen molar-refractivity contribution >= 4 is 46.6 Å². The van der Waals surface area contributed by atoms with Crippen molar-refractivity contribution < 1.29 is 33.7 Å². The Morgan fingerprint density at radius 2 is 1.61 bits per heavy atom. The van der Waals surface area contributed by atoms with Gasteiger partial charge in [0.05, 0.1) is 23.8 Å². The van der Waals surface area contributed by atoms with Crippen LogP contribution in [0.15, 0.2) is 66.9 Å². The predicted octanol–water partition coefficient (Wildman–Crippen LogP) is 7.33. The summed E-state index contributed by atoms with van der Waals surface area (Å²) >= 11 is 5.96. The third kappa shape index (κ3) is 8.35. The average molecular weight is 580 g/mol.